The Morgan fingerprint density at radius 2 is 2.13 bits per heavy atom. The summed E-state index contributed by atoms with van der Waals surface area (Å²) in [5.41, 5.74) is -0.501. The second kappa shape index (κ2) is 4.00. The number of carbonyl (C=O) groups is 1. The lowest BCUT2D eigenvalue weighted by molar-refractivity contribution is 0.0597. The van der Waals surface area contributed by atoms with Crippen LogP contribution >= 0.6 is 0 Å². The van der Waals surface area contributed by atoms with Gasteiger partial charge in [-0.05, 0) is 19.8 Å². The Bertz CT molecular complexity index is 250. The van der Waals surface area contributed by atoms with Gasteiger partial charge < -0.3 is 9.84 Å². The first-order valence-electron chi connectivity index (χ1n) is 5.74. The van der Waals surface area contributed by atoms with Crippen molar-refractivity contribution in [2.75, 3.05) is 13.2 Å². The van der Waals surface area contributed by atoms with Crippen LogP contribution in [-0.2, 0) is 4.74 Å². The number of ether oxygens (including phenoxy) is 1. The molecule has 1 atom stereocenters. The van der Waals surface area contributed by atoms with Crippen molar-refractivity contribution < 1.29 is 14.6 Å². The summed E-state index contributed by atoms with van der Waals surface area (Å²) in [7, 11) is 0. The number of aliphatic hydroxyl groups is 1. The van der Waals surface area contributed by atoms with Crippen LogP contribution < -0.4 is 0 Å². The Hall–Kier alpha value is -0.770. The zero-order chi connectivity index (χ0) is 10.9. The highest BCUT2D eigenvalue weighted by Crippen LogP contribution is 2.32. The zero-order valence-corrected chi connectivity index (χ0v) is 9.24. The van der Waals surface area contributed by atoms with Crippen LogP contribution in [-0.4, -0.2) is 40.9 Å². The molecule has 0 aromatic carbocycles. The lowest BCUT2D eigenvalue weighted by atomic mass is 9.91. The smallest absolute Gasteiger partial charge is 0.410 e. The summed E-state index contributed by atoms with van der Waals surface area (Å²) in [6.45, 7) is 2.20. The van der Waals surface area contributed by atoms with Gasteiger partial charge in [0.25, 0.3) is 0 Å². The molecule has 15 heavy (non-hydrogen) atoms. The number of amides is 1. The van der Waals surface area contributed by atoms with Gasteiger partial charge in [-0.1, -0.05) is 19.3 Å². The largest absolute Gasteiger partial charge is 0.447 e. The van der Waals surface area contributed by atoms with E-state index in [4.69, 9.17) is 4.74 Å². The first kappa shape index (κ1) is 10.7. The van der Waals surface area contributed by atoms with Crippen LogP contribution in [0, 0.1) is 0 Å². The van der Waals surface area contributed by atoms with E-state index in [0.717, 1.165) is 12.8 Å². The lowest BCUT2D eigenvalue weighted by Gasteiger charge is -2.38. The third kappa shape index (κ3) is 1.83. The predicted octanol–water partition coefficient (Wildman–Crippen LogP) is 1.52. The summed E-state index contributed by atoms with van der Waals surface area (Å²) < 4.78 is 5.05. The molecule has 1 aliphatic heterocycles. The maximum Gasteiger partial charge on any atom is 0.410 e. The molecule has 2 fully saturated rings. The van der Waals surface area contributed by atoms with Crippen molar-refractivity contribution >= 4 is 6.09 Å². The summed E-state index contributed by atoms with van der Waals surface area (Å²) in [6, 6.07) is 0.269. The van der Waals surface area contributed by atoms with Gasteiger partial charge in [0.15, 0.2) is 0 Å². The van der Waals surface area contributed by atoms with Gasteiger partial charge in [0, 0.05) is 6.04 Å². The number of nitrogens with zero attached hydrogens (tertiary/aromatic N) is 1. The fourth-order valence-electron chi connectivity index (χ4n) is 2.63. The number of hydrogen-bond donors (Lipinski definition) is 1. The Morgan fingerprint density at radius 1 is 1.47 bits per heavy atom. The molecule has 0 aromatic heterocycles. The zero-order valence-electron chi connectivity index (χ0n) is 9.24. The molecular weight excluding hydrogens is 194 g/mol. The van der Waals surface area contributed by atoms with E-state index in [0.29, 0.717) is 6.61 Å². The predicted molar refractivity (Wildman–Crippen MR) is 55.6 cm³/mol. The van der Waals surface area contributed by atoms with Crippen LogP contribution in [0.5, 0.6) is 0 Å². The Morgan fingerprint density at radius 3 is 2.73 bits per heavy atom. The minimum Gasteiger partial charge on any atom is -0.447 e. The molecule has 1 unspecified atom stereocenters. The lowest BCUT2D eigenvalue weighted by Crippen LogP contribution is -2.53. The van der Waals surface area contributed by atoms with Crippen LogP contribution in [0.1, 0.15) is 39.0 Å². The standard InChI is InChI=1S/C11H19NO3/c1-11(7-13)8-15-10(14)12(11)9-5-3-2-4-6-9/h9,13H,2-8H2,1H3. The average molecular weight is 213 g/mol. The van der Waals surface area contributed by atoms with E-state index < -0.39 is 5.54 Å². The van der Waals surface area contributed by atoms with Gasteiger partial charge in [0.2, 0.25) is 0 Å². The van der Waals surface area contributed by atoms with Gasteiger partial charge in [-0.2, -0.15) is 0 Å². The van der Waals surface area contributed by atoms with Crippen molar-refractivity contribution in [3.63, 3.8) is 0 Å². The van der Waals surface area contributed by atoms with Crippen LogP contribution in [0.4, 0.5) is 4.79 Å². The fourth-order valence-corrected chi connectivity index (χ4v) is 2.63. The Labute approximate surface area is 90.2 Å². The second-order valence-electron chi connectivity index (χ2n) is 4.87. The first-order valence-corrected chi connectivity index (χ1v) is 5.74. The summed E-state index contributed by atoms with van der Waals surface area (Å²) in [6.07, 6.45) is 5.45. The molecule has 1 aliphatic carbocycles. The number of aliphatic hydroxyl groups excluding tert-OH is 1. The molecule has 1 saturated carbocycles. The van der Waals surface area contributed by atoms with Gasteiger partial charge >= 0.3 is 6.09 Å². The molecule has 0 bridgehead atoms. The maximum atomic E-state index is 11.6. The minimum absolute atomic E-state index is 0.0186. The third-order valence-corrected chi connectivity index (χ3v) is 3.57. The molecule has 0 aromatic rings. The van der Waals surface area contributed by atoms with Crippen molar-refractivity contribution in [2.24, 2.45) is 0 Å². The molecule has 4 nitrogen and oxygen atoms in total. The van der Waals surface area contributed by atoms with E-state index in [1.165, 1.54) is 19.3 Å². The van der Waals surface area contributed by atoms with Gasteiger partial charge in [-0.3, -0.25) is 4.90 Å². The van der Waals surface area contributed by atoms with Crippen LogP contribution in [0.2, 0.25) is 0 Å². The van der Waals surface area contributed by atoms with E-state index in [2.05, 4.69) is 0 Å². The summed E-state index contributed by atoms with van der Waals surface area (Å²) in [5.74, 6) is 0. The molecule has 2 aliphatic rings. The van der Waals surface area contributed by atoms with Crippen LogP contribution in [0.15, 0.2) is 0 Å². The summed E-state index contributed by atoms with van der Waals surface area (Å²) in [4.78, 5) is 13.4. The number of hydrogen-bond acceptors (Lipinski definition) is 3. The van der Waals surface area contributed by atoms with Crippen molar-refractivity contribution in [3.05, 3.63) is 0 Å². The van der Waals surface area contributed by atoms with E-state index in [1.54, 1.807) is 4.90 Å². The third-order valence-electron chi connectivity index (χ3n) is 3.57. The van der Waals surface area contributed by atoms with Crippen molar-refractivity contribution in [1.82, 2.24) is 4.90 Å². The highest BCUT2D eigenvalue weighted by atomic mass is 16.6. The number of cyclic esters (lactones) is 1. The highest BCUT2D eigenvalue weighted by Gasteiger charge is 2.46. The molecule has 0 radical (unpaired) electrons. The Kier molecular flexibility index (Phi) is 2.87. The quantitative estimate of drug-likeness (QED) is 0.756. The Balaban J connectivity index is 2.12. The summed E-state index contributed by atoms with van der Waals surface area (Å²) in [5, 5.41) is 9.37. The van der Waals surface area contributed by atoms with Crippen molar-refractivity contribution in [2.45, 2.75) is 50.6 Å². The monoisotopic (exact) mass is 213 g/mol. The van der Waals surface area contributed by atoms with E-state index in [-0.39, 0.29) is 18.7 Å². The molecule has 1 amide bonds. The van der Waals surface area contributed by atoms with Crippen LogP contribution in [0.25, 0.3) is 0 Å². The molecule has 0 spiro atoms. The maximum absolute atomic E-state index is 11.6. The SMILES string of the molecule is CC1(CO)COC(=O)N1C1CCCCC1. The molecular formula is C11H19NO3. The number of carbonyl (C=O) groups excluding carboxylic acids is 1. The average Bonchev–Trinajstić information content (AvgIpc) is 2.57. The van der Waals surface area contributed by atoms with Gasteiger partial charge in [0.05, 0.1) is 6.61 Å². The van der Waals surface area contributed by atoms with Crippen LogP contribution in [0.3, 0.4) is 0 Å². The van der Waals surface area contributed by atoms with E-state index >= 15 is 0 Å². The number of rotatable bonds is 2. The molecule has 1 heterocycles. The first-order chi connectivity index (χ1) is 7.17. The van der Waals surface area contributed by atoms with E-state index in [1.807, 2.05) is 6.92 Å². The highest BCUT2D eigenvalue weighted by molar-refractivity contribution is 5.71. The minimum atomic E-state index is -0.501. The summed E-state index contributed by atoms with van der Waals surface area (Å²) >= 11 is 0. The van der Waals surface area contributed by atoms with Gasteiger partial charge in [-0.15, -0.1) is 0 Å². The normalized spacial score (nSPS) is 33.2. The van der Waals surface area contributed by atoms with Gasteiger partial charge in [0.1, 0.15) is 12.1 Å². The molecule has 1 N–H and O–H groups in total. The molecule has 1 saturated heterocycles. The van der Waals surface area contributed by atoms with E-state index in [9.17, 15) is 9.90 Å². The topological polar surface area (TPSA) is 49.8 Å². The van der Waals surface area contributed by atoms with Crippen molar-refractivity contribution in [3.8, 4) is 0 Å². The van der Waals surface area contributed by atoms with Gasteiger partial charge in [-0.25, -0.2) is 4.79 Å². The fraction of sp³-hybridized carbons (Fsp3) is 0.909. The molecule has 2 rings (SSSR count). The molecule has 4 heteroatoms. The van der Waals surface area contributed by atoms with Crippen molar-refractivity contribution in [1.29, 1.82) is 0 Å². The molecule has 86 valence electrons. The second-order valence-corrected chi connectivity index (χ2v) is 4.87.